The minimum absolute atomic E-state index is 0.0646. The molecule has 0 saturated carbocycles. The fourth-order valence-electron chi connectivity index (χ4n) is 3.05. The fourth-order valence-corrected chi connectivity index (χ4v) is 3.05. The number of rotatable bonds is 4. The molecule has 0 aromatic carbocycles. The average molecular weight is 315 g/mol. The summed E-state index contributed by atoms with van der Waals surface area (Å²) in [6, 6.07) is 1.81. The van der Waals surface area contributed by atoms with Gasteiger partial charge in [-0.05, 0) is 25.8 Å². The molecule has 2 aromatic rings. The zero-order valence-corrected chi connectivity index (χ0v) is 13.2. The van der Waals surface area contributed by atoms with Crippen molar-refractivity contribution in [3.8, 4) is 0 Å². The Kier molecular flexibility index (Phi) is 4.66. The van der Waals surface area contributed by atoms with Crippen LogP contribution in [0.15, 0.2) is 24.7 Å². The lowest BCUT2D eigenvalue weighted by Gasteiger charge is -2.33. The number of amides is 1. The third-order valence-electron chi connectivity index (χ3n) is 4.21. The van der Waals surface area contributed by atoms with Gasteiger partial charge >= 0.3 is 0 Å². The Hall–Kier alpha value is -2.28. The zero-order chi connectivity index (χ0) is 16.2. The first-order valence-corrected chi connectivity index (χ1v) is 7.86. The van der Waals surface area contributed by atoms with Gasteiger partial charge in [-0.15, -0.1) is 0 Å². The van der Waals surface area contributed by atoms with Gasteiger partial charge in [-0.1, -0.05) is 0 Å². The lowest BCUT2D eigenvalue weighted by molar-refractivity contribution is -0.133. The first-order chi connectivity index (χ1) is 11.2. The summed E-state index contributed by atoms with van der Waals surface area (Å²) in [6.45, 7) is 3.41. The van der Waals surface area contributed by atoms with Crippen LogP contribution < -0.4 is 0 Å². The lowest BCUT2D eigenvalue weighted by Crippen LogP contribution is -2.41. The van der Waals surface area contributed by atoms with E-state index in [4.69, 9.17) is 0 Å². The quantitative estimate of drug-likeness (QED) is 0.905. The maximum absolute atomic E-state index is 12.4. The van der Waals surface area contributed by atoms with Crippen LogP contribution in [0.1, 0.15) is 35.8 Å². The molecule has 2 aromatic heterocycles. The first-order valence-electron chi connectivity index (χ1n) is 7.86. The molecule has 3 rings (SSSR count). The van der Waals surface area contributed by atoms with Crippen molar-refractivity contribution in [2.45, 2.75) is 38.8 Å². The monoisotopic (exact) mass is 315 g/mol. The van der Waals surface area contributed by atoms with Crippen molar-refractivity contribution in [2.24, 2.45) is 0 Å². The molecule has 0 bridgehead atoms. The van der Waals surface area contributed by atoms with Crippen LogP contribution in [-0.4, -0.2) is 48.8 Å². The van der Waals surface area contributed by atoms with Gasteiger partial charge in [0.15, 0.2) is 0 Å². The highest BCUT2D eigenvalue weighted by atomic mass is 16.3. The SMILES string of the molecule is Cc1ncc(CO)c(C2CCCN(C(=O)Cn3cccn3)C2)n1. The van der Waals surface area contributed by atoms with E-state index in [9.17, 15) is 9.90 Å². The number of carbonyl (C=O) groups is 1. The number of carbonyl (C=O) groups excluding carboxylic acids is 1. The standard InChI is InChI=1S/C16H21N5O2/c1-12-17-8-14(11-22)16(19-12)13-4-2-6-20(9-13)15(23)10-21-7-3-5-18-21/h3,5,7-8,13,22H,2,4,6,9-11H2,1H3. The van der Waals surface area contributed by atoms with Gasteiger partial charge in [-0.3, -0.25) is 9.48 Å². The topological polar surface area (TPSA) is 84.1 Å². The van der Waals surface area contributed by atoms with E-state index in [1.807, 2.05) is 17.9 Å². The summed E-state index contributed by atoms with van der Waals surface area (Å²) < 4.78 is 1.64. The van der Waals surface area contributed by atoms with Crippen LogP contribution in [-0.2, 0) is 17.9 Å². The first kappa shape index (κ1) is 15.6. The highest BCUT2D eigenvalue weighted by molar-refractivity contribution is 5.76. The number of piperidine rings is 1. The van der Waals surface area contributed by atoms with Crippen molar-refractivity contribution in [3.63, 3.8) is 0 Å². The van der Waals surface area contributed by atoms with Crippen molar-refractivity contribution >= 4 is 5.91 Å². The van der Waals surface area contributed by atoms with Gasteiger partial charge in [0.1, 0.15) is 12.4 Å². The van der Waals surface area contributed by atoms with Crippen molar-refractivity contribution in [1.82, 2.24) is 24.6 Å². The van der Waals surface area contributed by atoms with E-state index >= 15 is 0 Å². The zero-order valence-electron chi connectivity index (χ0n) is 13.2. The van der Waals surface area contributed by atoms with E-state index in [1.165, 1.54) is 0 Å². The predicted octanol–water partition coefficient (Wildman–Crippen LogP) is 0.880. The second-order valence-corrected chi connectivity index (χ2v) is 5.87. The van der Waals surface area contributed by atoms with E-state index in [1.54, 1.807) is 23.3 Å². The molecule has 0 radical (unpaired) electrons. The molecular weight excluding hydrogens is 294 g/mol. The van der Waals surface area contributed by atoms with Crippen LogP contribution in [0.2, 0.25) is 0 Å². The van der Waals surface area contributed by atoms with Gasteiger partial charge < -0.3 is 10.0 Å². The summed E-state index contributed by atoms with van der Waals surface area (Å²) in [6.07, 6.45) is 7.04. The normalized spacial score (nSPS) is 18.2. The van der Waals surface area contributed by atoms with Crippen LogP contribution in [0.25, 0.3) is 0 Å². The predicted molar refractivity (Wildman–Crippen MR) is 83.5 cm³/mol. The Labute approximate surface area is 135 Å². The molecule has 1 fully saturated rings. The van der Waals surface area contributed by atoms with E-state index < -0.39 is 0 Å². The van der Waals surface area contributed by atoms with Crippen LogP contribution >= 0.6 is 0 Å². The molecule has 7 heteroatoms. The lowest BCUT2D eigenvalue weighted by atomic mass is 9.92. The molecule has 7 nitrogen and oxygen atoms in total. The van der Waals surface area contributed by atoms with Crippen LogP contribution in [0.5, 0.6) is 0 Å². The summed E-state index contributed by atoms with van der Waals surface area (Å²) in [5.41, 5.74) is 1.62. The molecule has 1 saturated heterocycles. The van der Waals surface area contributed by atoms with Gasteiger partial charge in [0.2, 0.25) is 5.91 Å². The number of aryl methyl sites for hydroxylation is 1. The van der Waals surface area contributed by atoms with Crippen molar-refractivity contribution in [2.75, 3.05) is 13.1 Å². The van der Waals surface area contributed by atoms with E-state index in [0.29, 0.717) is 12.4 Å². The molecule has 0 aliphatic carbocycles. The molecule has 1 unspecified atom stereocenters. The second kappa shape index (κ2) is 6.87. The molecule has 1 N–H and O–H groups in total. The molecule has 3 heterocycles. The molecule has 1 aliphatic heterocycles. The number of hydrogen-bond donors (Lipinski definition) is 1. The summed E-state index contributed by atoms with van der Waals surface area (Å²) in [5, 5.41) is 13.6. The van der Waals surface area contributed by atoms with Gasteiger partial charge in [0, 0.05) is 43.2 Å². The van der Waals surface area contributed by atoms with Gasteiger partial charge in [-0.2, -0.15) is 5.10 Å². The minimum atomic E-state index is -0.0760. The maximum atomic E-state index is 12.4. The van der Waals surface area contributed by atoms with Gasteiger partial charge in [-0.25, -0.2) is 9.97 Å². The Morgan fingerprint density at radius 1 is 1.48 bits per heavy atom. The number of aromatic nitrogens is 4. The number of likely N-dealkylation sites (tertiary alicyclic amines) is 1. The largest absolute Gasteiger partial charge is 0.392 e. The Balaban J connectivity index is 1.73. The average Bonchev–Trinajstić information content (AvgIpc) is 3.08. The van der Waals surface area contributed by atoms with Crippen LogP contribution in [0.3, 0.4) is 0 Å². The van der Waals surface area contributed by atoms with Crippen molar-refractivity contribution in [1.29, 1.82) is 0 Å². The highest BCUT2D eigenvalue weighted by Gasteiger charge is 2.27. The van der Waals surface area contributed by atoms with Gasteiger partial charge in [0.05, 0.1) is 12.3 Å². The number of hydrogen-bond acceptors (Lipinski definition) is 5. The summed E-state index contributed by atoms with van der Waals surface area (Å²) in [5.74, 6) is 0.904. The molecule has 0 spiro atoms. The van der Waals surface area contributed by atoms with Crippen LogP contribution in [0.4, 0.5) is 0 Å². The number of aliphatic hydroxyl groups is 1. The van der Waals surface area contributed by atoms with Crippen molar-refractivity contribution in [3.05, 3.63) is 41.7 Å². The van der Waals surface area contributed by atoms with E-state index in [0.717, 1.165) is 30.6 Å². The molecule has 1 atom stereocenters. The summed E-state index contributed by atoms with van der Waals surface area (Å²) in [4.78, 5) is 23.0. The van der Waals surface area contributed by atoms with E-state index in [-0.39, 0.29) is 25.0 Å². The van der Waals surface area contributed by atoms with Crippen molar-refractivity contribution < 1.29 is 9.90 Å². The smallest absolute Gasteiger partial charge is 0.244 e. The van der Waals surface area contributed by atoms with Crippen LogP contribution in [0, 0.1) is 6.92 Å². The Morgan fingerprint density at radius 3 is 3.09 bits per heavy atom. The molecule has 1 amide bonds. The third-order valence-corrected chi connectivity index (χ3v) is 4.21. The number of aliphatic hydroxyl groups excluding tert-OH is 1. The number of nitrogens with zero attached hydrogens (tertiary/aromatic N) is 5. The summed E-state index contributed by atoms with van der Waals surface area (Å²) in [7, 11) is 0. The Bertz CT molecular complexity index is 671. The molecule has 122 valence electrons. The highest BCUT2D eigenvalue weighted by Crippen LogP contribution is 2.28. The molecule has 23 heavy (non-hydrogen) atoms. The summed E-state index contributed by atoms with van der Waals surface area (Å²) >= 11 is 0. The third kappa shape index (κ3) is 3.56. The minimum Gasteiger partial charge on any atom is -0.392 e. The molecular formula is C16H21N5O2. The molecule has 1 aliphatic rings. The second-order valence-electron chi connectivity index (χ2n) is 5.87. The van der Waals surface area contributed by atoms with E-state index in [2.05, 4.69) is 15.1 Å². The fraction of sp³-hybridized carbons (Fsp3) is 0.500. The maximum Gasteiger partial charge on any atom is 0.244 e. The van der Waals surface area contributed by atoms with Gasteiger partial charge in [0.25, 0.3) is 0 Å². The Morgan fingerprint density at radius 2 is 2.35 bits per heavy atom.